The number of benzene rings is 2. The van der Waals surface area contributed by atoms with E-state index in [-0.39, 0.29) is 24.1 Å². The van der Waals surface area contributed by atoms with E-state index in [9.17, 15) is 14.0 Å². The molecule has 3 N–H and O–H groups in total. The van der Waals surface area contributed by atoms with E-state index in [2.05, 4.69) is 16.0 Å². The molecule has 0 aliphatic carbocycles. The first-order chi connectivity index (χ1) is 12.0. The molecule has 2 rings (SSSR count). The monoisotopic (exact) mass is 345 g/mol. The molecule has 0 spiro atoms. The molecule has 132 valence electrons. The number of nitrogens with one attached hydrogen (secondary N) is 3. The van der Waals surface area contributed by atoms with Gasteiger partial charge in [0.05, 0.1) is 13.5 Å². The van der Waals surface area contributed by atoms with E-state index in [0.29, 0.717) is 23.5 Å². The van der Waals surface area contributed by atoms with Crippen molar-refractivity contribution >= 4 is 23.3 Å². The summed E-state index contributed by atoms with van der Waals surface area (Å²) in [6, 6.07) is 10.8. The summed E-state index contributed by atoms with van der Waals surface area (Å²) < 4.78 is 18.5. The molecular weight excluding hydrogens is 325 g/mol. The fraction of sp³-hybridized carbons (Fsp3) is 0.222. The second-order valence-electron chi connectivity index (χ2n) is 5.26. The quantitative estimate of drug-likeness (QED) is 0.752. The van der Waals surface area contributed by atoms with Gasteiger partial charge in [0, 0.05) is 17.9 Å². The van der Waals surface area contributed by atoms with Crippen molar-refractivity contribution in [2.75, 3.05) is 24.3 Å². The molecule has 0 bridgehead atoms. The number of ether oxygens (including phenoxy) is 1. The number of urea groups is 1. The largest absolute Gasteiger partial charge is 0.494 e. The number of hydrogen-bond acceptors (Lipinski definition) is 3. The van der Waals surface area contributed by atoms with E-state index in [1.807, 2.05) is 6.92 Å². The highest BCUT2D eigenvalue weighted by molar-refractivity contribution is 5.94. The van der Waals surface area contributed by atoms with Crippen molar-refractivity contribution < 1.29 is 18.7 Å². The number of hydrogen-bond donors (Lipinski definition) is 3. The standard InChI is InChI=1S/C18H20FN3O3/c1-3-20-18(24)22-14-6-4-5-13(11-14)21-17(23)10-12-7-8-16(25-2)15(19)9-12/h4-9,11H,3,10H2,1-2H3,(H,21,23)(H2,20,22,24). The lowest BCUT2D eigenvalue weighted by Gasteiger charge is -2.10. The van der Waals surface area contributed by atoms with Crippen molar-refractivity contribution in [3.63, 3.8) is 0 Å². The zero-order valence-corrected chi connectivity index (χ0v) is 14.1. The molecule has 0 aliphatic heterocycles. The first-order valence-corrected chi connectivity index (χ1v) is 7.79. The second-order valence-corrected chi connectivity index (χ2v) is 5.26. The lowest BCUT2D eigenvalue weighted by molar-refractivity contribution is -0.115. The van der Waals surface area contributed by atoms with E-state index in [0.717, 1.165) is 0 Å². The zero-order chi connectivity index (χ0) is 18.2. The lowest BCUT2D eigenvalue weighted by Crippen LogP contribution is -2.28. The summed E-state index contributed by atoms with van der Waals surface area (Å²) in [5, 5.41) is 8.00. The molecule has 0 heterocycles. The molecule has 25 heavy (non-hydrogen) atoms. The SMILES string of the molecule is CCNC(=O)Nc1cccc(NC(=O)Cc2ccc(OC)c(F)c2)c1. The fourth-order valence-electron chi connectivity index (χ4n) is 2.22. The molecule has 2 aromatic rings. The summed E-state index contributed by atoms with van der Waals surface area (Å²) in [6.07, 6.45) is 0.0227. The highest BCUT2D eigenvalue weighted by atomic mass is 19.1. The molecule has 3 amide bonds. The highest BCUT2D eigenvalue weighted by Crippen LogP contribution is 2.19. The van der Waals surface area contributed by atoms with Gasteiger partial charge >= 0.3 is 6.03 Å². The molecule has 0 radical (unpaired) electrons. The van der Waals surface area contributed by atoms with E-state index >= 15 is 0 Å². The van der Waals surface area contributed by atoms with Crippen LogP contribution >= 0.6 is 0 Å². The number of anilines is 2. The maximum Gasteiger partial charge on any atom is 0.319 e. The minimum atomic E-state index is -0.513. The predicted molar refractivity (Wildman–Crippen MR) is 94.4 cm³/mol. The van der Waals surface area contributed by atoms with Crippen LogP contribution in [0.3, 0.4) is 0 Å². The minimum absolute atomic E-state index is 0.0227. The second kappa shape index (κ2) is 8.68. The summed E-state index contributed by atoms with van der Waals surface area (Å²) in [5.74, 6) is -0.672. The molecule has 0 fully saturated rings. The van der Waals surface area contributed by atoms with Crippen LogP contribution in [-0.2, 0) is 11.2 Å². The van der Waals surface area contributed by atoms with E-state index < -0.39 is 5.82 Å². The van der Waals surface area contributed by atoms with Gasteiger partial charge in [-0.3, -0.25) is 4.79 Å². The van der Waals surface area contributed by atoms with Gasteiger partial charge in [-0.1, -0.05) is 12.1 Å². The first-order valence-electron chi connectivity index (χ1n) is 7.79. The first kappa shape index (κ1) is 18.3. The number of rotatable bonds is 6. The number of carbonyl (C=O) groups is 2. The van der Waals surface area contributed by atoms with Crippen molar-refractivity contribution in [3.05, 3.63) is 53.8 Å². The number of amides is 3. The van der Waals surface area contributed by atoms with Crippen molar-refractivity contribution in [2.24, 2.45) is 0 Å². The third-order valence-corrected chi connectivity index (χ3v) is 3.32. The van der Waals surface area contributed by atoms with Gasteiger partial charge in [-0.05, 0) is 42.8 Å². The van der Waals surface area contributed by atoms with Crippen LogP contribution in [0, 0.1) is 5.82 Å². The van der Waals surface area contributed by atoms with Gasteiger partial charge in [-0.2, -0.15) is 0 Å². The molecule has 0 aliphatic rings. The Bertz CT molecular complexity index is 765. The average molecular weight is 345 g/mol. The third kappa shape index (κ3) is 5.49. The van der Waals surface area contributed by atoms with Crippen LogP contribution in [0.1, 0.15) is 12.5 Å². The van der Waals surface area contributed by atoms with Crippen LogP contribution in [0.5, 0.6) is 5.75 Å². The Hall–Kier alpha value is -3.09. The fourth-order valence-corrected chi connectivity index (χ4v) is 2.22. The summed E-state index contributed by atoms with van der Waals surface area (Å²) in [7, 11) is 1.38. The van der Waals surface area contributed by atoms with Crippen LogP contribution in [0.4, 0.5) is 20.6 Å². The maximum atomic E-state index is 13.7. The van der Waals surface area contributed by atoms with E-state index in [1.165, 1.54) is 19.2 Å². The molecule has 0 aromatic heterocycles. The molecule has 7 heteroatoms. The van der Waals surface area contributed by atoms with Gasteiger partial charge in [0.2, 0.25) is 5.91 Å². The van der Waals surface area contributed by atoms with Crippen molar-refractivity contribution in [2.45, 2.75) is 13.3 Å². The summed E-state index contributed by atoms with van der Waals surface area (Å²) in [4.78, 5) is 23.6. The number of carbonyl (C=O) groups excluding carboxylic acids is 2. The molecule has 0 saturated carbocycles. The molecule has 0 atom stereocenters. The third-order valence-electron chi connectivity index (χ3n) is 3.32. The predicted octanol–water partition coefficient (Wildman–Crippen LogP) is 3.16. The van der Waals surface area contributed by atoms with E-state index in [1.54, 1.807) is 30.3 Å². The van der Waals surface area contributed by atoms with Crippen molar-refractivity contribution in [3.8, 4) is 5.75 Å². The summed E-state index contributed by atoms with van der Waals surface area (Å²) >= 11 is 0. The average Bonchev–Trinajstić information content (AvgIpc) is 2.55. The number of methoxy groups -OCH3 is 1. The van der Waals surface area contributed by atoms with Crippen molar-refractivity contribution in [1.29, 1.82) is 0 Å². The van der Waals surface area contributed by atoms with Crippen LogP contribution in [0.15, 0.2) is 42.5 Å². The Morgan fingerprint density at radius 2 is 1.80 bits per heavy atom. The highest BCUT2D eigenvalue weighted by Gasteiger charge is 2.09. The van der Waals surface area contributed by atoms with Crippen LogP contribution in [-0.4, -0.2) is 25.6 Å². The summed E-state index contributed by atoms with van der Waals surface area (Å²) in [5.41, 5.74) is 1.62. The van der Waals surface area contributed by atoms with Gasteiger partial charge in [0.1, 0.15) is 0 Å². The zero-order valence-electron chi connectivity index (χ0n) is 14.1. The lowest BCUT2D eigenvalue weighted by atomic mass is 10.1. The Kier molecular flexibility index (Phi) is 6.33. The van der Waals surface area contributed by atoms with Crippen molar-refractivity contribution in [1.82, 2.24) is 5.32 Å². The number of halogens is 1. The molecule has 0 saturated heterocycles. The van der Waals surface area contributed by atoms with Gasteiger partial charge < -0.3 is 20.7 Å². The molecule has 0 unspecified atom stereocenters. The Morgan fingerprint density at radius 1 is 1.08 bits per heavy atom. The van der Waals surface area contributed by atoms with Crippen LogP contribution in [0.25, 0.3) is 0 Å². The Labute approximate surface area is 145 Å². The molecule has 2 aromatic carbocycles. The normalized spacial score (nSPS) is 10.0. The van der Waals surface area contributed by atoms with Gasteiger partial charge in [0.25, 0.3) is 0 Å². The van der Waals surface area contributed by atoms with Gasteiger partial charge in [-0.25, -0.2) is 9.18 Å². The van der Waals surface area contributed by atoms with Crippen LogP contribution in [0.2, 0.25) is 0 Å². The van der Waals surface area contributed by atoms with E-state index in [4.69, 9.17) is 4.74 Å². The van der Waals surface area contributed by atoms with Gasteiger partial charge in [-0.15, -0.1) is 0 Å². The Morgan fingerprint density at radius 3 is 2.44 bits per heavy atom. The topological polar surface area (TPSA) is 79.5 Å². The molecular formula is C18H20FN3O3. The van der Waals surface area contributed by atoms with Gasteiger partial charge in [0.15, 0.2) is 11.6 Å². The smallest absolute Gasteiger partial charge is 0.319 e. The van der Waals surface area contributed by atoms with Crippen LogP contribution < -0.4 is 20.7 Å². The maximum absolute atomic E-state index is 13.7. The summed E-state index contributed by atoms with van der Waals surface area (Å²) in [6.45, 7) is 2.33. The Balaban J connectivity index is 1.98. The minimum Gasteiger partial charge on any atom is -0.494 e. The molecule has 6 nitrogen and oxygen atoms in total.